The maximum absolute atomic E-state index is 12.9. The van der Waals surface area contributed by atoms with Crippen LogP contribution in [0, 0.1) is 5.92 Å². The maximum Gasteiger partial charge on any atom is 0.446 e. The van der Waals surface area contributed by atoms with E-state index in [0.29, 0.717) is 29.6 Å². The zero-order valence-corrected chi connectivity index (χ0v) is 20.8. The SMILES string of the molecule is CCc1cc(Oc2cccc(N(Cc3cccc(SC(F)(F)F)c3)CC(O)C3CC3)c2)ccc1Cl. The fourth-order valence-electron chi connectivity index (χ4n) is 3.94. The number of ether oxygens (including phenoxy) is 1. The van der Waals surface area contributed by atoms with Gasteiger partial charge in [-0.15, -0.1) is 0 Å². The van der Waals surface area contributed by atoms with Gasteiger partial charge in [0.2, 0.25) is 0 Å². The van der Waals surface area contributed by atoms with Crippen molar-refractivity contribution in [1.29, 1.82) is 0 Å². The highest BCUT2D eigenvalue weighted by Gasteiger charge is 2.31. The molecule has 0 saturated heterocycles. The number of benzene rings is 3. The predicted molar refractivity (Wildman–Crippen MR) is 135 cm³/mol. The van der Waals surface area contributed by atoms with Gasteiger partial charge >= 0.3 is 5.51 Å². The molecule has 0 radical (unpaired) electrons. The minimum atomic E-state index is -4.34. The van der Waals surface area contributed by atoms with E-state index in [1.165, 1.54) is 6.07 Å². The van der Waals surface area contributed by atoms with Gasteiger partial charge in [-0.1, -0.05) is 36.7 Å². The Labute approximate surface area is 212 Å². The molecule has 3 aromatic carbocycles. The lowest BCUT2D eigenvalue weighted by Crippen LogP contribution is -2.33. The molecule has 35 heavy (non-hydrogen) atoms. The molecule has 186 valence electrons. The lowest BCUT2D eigenvalue weighted by atomic mass is 10.1. The van der Waals surface area contributed by atoms with Gasteiger partial charge in [-0.2, -0.15) is 13.2 Å². The summed E-state index contributed by atoms with van der Waals surface area (Å²) in [5.74, 6) is 1.56. The second kappa shape index (κ2) is 11.1. The molecule has 0 aliphatic heterocycles. The van der Waals surface area contributed by atoms with E-state index >= 15 is 0 Å². The maximum atomic E-state index is 12.9. The third-order valence-corrected chi connectivity index (χ3v) is 6.99. The first kappa shape index (κ1) is 25.7. The quantitative estimate of drug-likeness (QED) is 0.273. The minimum absolute atomic E-state index is 0.123. The molecule has 1 N–H and O–H groups in total. The van der Waals surface area contributed by atoms with Gasteiger partial charge in [0.25, 0.3) is 0 Å². The van der Waals surface area contributed by atoms with Gasteiger partial charge in [-0.3, -0.25) is 0 Å². The van der Waals surface area contributed by atoms with Crippen molar-refractivity contribution in [3.8, 4) is 11.5 Å². The van der Waals surface area contributed by atoms with Crippen LogP contribution in [0.3, 0.4) is 0 Å². The lowest BCUT2D eigenvalue weighted by Gasteiger charge is -2.28. The summed E-state index contributed by atoms with van der Waals surface area (Å²) in [5, 5.41) is 11.4. The van der Waals surface area contributed by atoms with Crippen molar-refractivity contribution in [3.63, 3.8) is 0 Å². The van der Waals surface area contributed by atoms with Crippen LogP contribution in [0.2, 0.25) is 5.02 Å². The smallest absolute Gasteiger partial charge is 0.446 e. The number of nitrogens with zero attached hydrogens (tertiary/aromatic N) is 1. The van der Waals surface area contributed by atoms with Crippen LogP contribution in [-0.2, 0) is 13.0 Å². The average molecular weight is 522 g/mol. The third-order valence-electron chi connectivity index (χ3n) is 5.90. The first-order valence-corrected chi connectivity index (χ1v) is 12.7. The highest BCUT2D eigenvalue weighted by Crippen LogP contribution is 2.38. The van der Waals surface area contributed by atoms with Crippen LogP contribution in [-0.4, -0.2) is 23.3 Å². The van der Waals surface area contributed by atoms with E-state index in [2.05, 4.69) is 0 Å². The van der Waals surface area contributed by atoms with Crippen LogP contribution in [0.1, 0.15) is 30.9 Å². The highest BCUT2D eigenvalue weighted by atomic mass is 35.5. The monoisotopic (exact) mass is 521 g/mol. The lowest BCUT2D eigenvalue weighted by molar-refractivity contribution is -0.0328. The molecule has 4 rings (SSSR count). The Balaban J connectivity index is 1.56. The van der Waals surface area contributed by atoms with E-state index < -0.39 is 11.6 Å². The number of hydrogen-bond donors (Lipinski definition) is 1. The Kier molecular flexibility index (Phi) is 8.19. The molecule has 1 unspecified atom stereocenters. The van der Waals surface area contributed by atoms with Crippen LogP contribution in [0.4, 0.5) is 18.9 Å². The molecule has 3 aromatic rings. The van der Waals surface area contributed by atoms with E-state index in [-0.39, 0.29) is 22.6 Å². The van der Waals surface area contributed by atoms with Gasteiger partial charge in [0.05, 0.1) is 6.10 Å². The number of aliphatic hydroxyl groups is 1. The Morgan fingerprint density at radius 1 is 1.06 bits per heavy atom. The second-order valence-electron chi connectivity index (χ2n) is 8.69. The Morgan fingerprint density at radius 3 is 2.51 bits per heavy atom. The fraction of sp³-hybridized carbons (Fsp3) is 0.333. The molecule has 1 fully saturated rings. The van der Waals surface area contributed by atoms with Crippen molar-refractivity contribution in [2.75, 3.05) is 11.4 Å². The number of halogens is 4. The van der Waals surface area contributed by atoms with Crippen LogP contribution in [0.15, 0.2) is 71.6 Å². The zero-order chi connectivity index (χ0) is 25.0. The van der Waals surface area contributed by atoms with Crippen LogP contribution >= 0.6 is 23.4 Å². The van der Waals surface area contributed by atoms with Gasteiger partial charge in [0, 0.05) is 34.8 Å². The first-order chi connectivity index (χ1) is 16.7. The summed E-state index contributed by atoms with van der Waals surface area (Å²) in [7, 11) is 0. The van der Waals surface area contributed by atoms with Crippen molar-refractivity contribution in [2.24, 2.45) is 5.92 Å². The van der Waals surface area contributed by atoms with Crippen molar-refractivity contribution in [1.82, 2.24) is 0 Å². The van der Waals surface area contributed by atoms with Gasteiger partial charge in [0.15, 0.2) is 0 Å². The summed E-state index contributed by atoms with van der Waals surface area (Å²) >= 11 is 6.10. The van der Waals surface area contributed by atoms with Crippen molar-refractivity contribution < 1.29 is 23.0 Å². The van der Waals surface area contributed by atoms with Gasteiger partial charge < -0.3 is 14.7 Å². The first-order valence-electron chi connectivity index (χ1n) is 11.5. The molecular formula is C27H27ClF3NO2S. The van der Waals surface area contributed by atoms with E-state index in [0.717, 1.165) is 36.1 Å². The molecule has 1 atom stereocenters. The third kappa shape index (κ3) is 7.56. The minimum Gasteiger partial charge on any atom is -0.457 e. The molecule has 0 amide bonds. The molecular weight excluding hydrogens is 495 g/mol. The molecule has 1 aliphatic rings. The summed E-state index contributed by atoms with van der Waals surface area (Å²) in [4.78, 5) is 2.14. The fourth-order valence-corrected chi connectivity index (χ4v) is 4.82. The van der Waals surface area contributed by atoms with Crippen LogP contribution in [0.25, 0.3) is 0 Å². The average Bonchev–Trinajstić information content (AvgIpc) is 3.65. The van der Waals surface area contributed by atoms with Crippen LogP contribution < -0.4 is 9.64 Å². The Morgan fingerprint density at radius 2 is 1.80 bits per heavy atom. The summed E-state index contributed by atoms with van der Waals surface area (Å²) in [6.07, 6.45) is 2.27. The summed E-state index contributed by atoms with van der Waals surface area (Å²) < 4.78 is 44.7. The molecule has 0 spiro atoms. The van der Waals surface area contributed by atoms with E-state index in [1.807, 2.05) is 54.3 Å². The van der Waals surface area contributed by atoms with Crippen molar-refractivity contribution in [2.45, 2.75) is 49.2 Å². The van der Waals surface area contributed by atoms with Gasteiger partial charge in [0.1, 0.15) is 11.5 Å². The number of aryl methyl sites for hydroxylation is 1. The van der Waals surface area contributed by atoms with E-state index in [9.17, 15) is 18.3 Å². The molecule has 0 heterocycles. The standard InChI is InChI=1S/C27H27ClF3NO2S/c1-2-19-14-23(11-12-25(19)28)34-22-7-4-6-21(15-22)32(17-26(33)20-9-10-20)16-18-5-3-8-24(13-18)35-27(29,30)31/h3-8,11-15,20,26,33H,2,9-10,16-17H2,1H3. The topological polar surface area (TPSA) is 32.7 Å². The molecule has 1 saturated carbocycles. The molecule has 0 aromatic heterocycles. The van der Waals surface area contributed by atoms with Gasteiger partial charge in [-0.25, -0.2) is 0 Å². The Hall–Kier alpha value is -2.35. The molecule has 1 aliphatic carbocycles. The number of hydrogen-bond acceptors (Lipinski definition) is 4. The zero-order valence-electron chi connectivity index (χ0n) is 19.3. The number of anilines is 1. The van der Waals surface area contributed by atoms with E-state index in [4.69, 9.17) is 16.3 Å². The van der Waals surface area contributed by atoms with Crippen molar-refractivity contribution >= 4 is 29.1 Å². The molecule has 3 nitrogen and oxygen atoms in total. The normalized spacial score (nSPS) is 14.6. The summed E-state index contributed by atoms with van der Waals surface area (Å²) in [6.45, 7) is 2.77. The Bertz CT molecular complexity index is 1150. The van der Waals surface area contributed by atoms with E-state index in [1.54, 1.807) is 18.2 Å². The number of aliphatic hydroxyl groups excluding tert-OH is 1. The number of alkyl halides is 3. The predicted octanol–water partition coefficient (Wildman–Crippen LogP) is 8.08. The summed E-state index contributed by atoms with van der Waals surface area (Å²) in [6, 6.07) is 19.5. The molecule has 0 bridgehead atoms. The van der Waals surface area contributed by atoms with Crippen LogP contribution in [0.5, 0.6) is 11.5 Å². The number of rotatable bonds is 10. The van der Waals surface area contributed by atoms with Gasteiger partial charge in [-0.05, 0) is 90.5 Å². The second-order valence-corrected chi connectivity index (χ2v) is 10.2. The largest absolute Gasteiger partial charge is 0.457 e. The van der Waals surface area contributed by atoms with Crippen molar-refractivity contribution in [3.05, 3.63) is 82.9 Å². The number of thioether (sulfide) groups is 1. The summed E-state index contributed by atoms with van der Waals surface area (Å²) in [5.41, 5.74) is -1.79. The molecule has 8 heteroatoms. The highest BCUT2D eigenvalue weighted by molar-refractivity contribution is 8.00.